The molecular weight excluding hydrogens is 265 g/mol. The van der Waals surface area contributed by atoms with E-state index in [0.29, 0.717) is 25.3 Å². The number of piperidine rings is 1. The van der Waals surface area contributed by atoms with Crippen molar-refractivity contribution < 1.29 is 24.1 Å². The van der Waals surface area contributed by atoms with E-state index in [9.17, 15) is 14.3 Å². The summed E-state index contributed by atoms with van der Waals surface area (Å²) in [7, 11) is 1.48. The van der Waals surface area contributed by atoms with Gasteiger partial charge in [0.1, 0.15) is 11.6 Å². The van der Waals surface area contributed by atoms with E-state index in [0.717, 1.165) is 5.56 Å². The van der Waals surface area contributed by atoms with Crippen LogP contribution in [0.2, 0.25) is 0 Å². The summed E-state index contributed by atoms with van der Waals surface area (Å²) < 4.78 is 18.2. The number of aliphatic hydroxyl groups is 1. The van der Waals surface area contributed by atoms with Gasteiger partial charge in [0.15, 0.2) is 0 Å². The molecule has 1 aliphatic heterocycles. The van der Waals surface area contributed by atoms with Crippen molar-refractivity contribution >= 4 is 5.97 Å². The first-order valence-electron chi connectivity index (χ1n) is 6.47. The van der Waals surface area contributed by atoms with Gasteiger partial charge in [-0.3, -0.25) is 9.69 Å². The fourth-order valence-corrected chi connectivity index (χ4v) is 2.52. The number of rotatable bonds is 4. The number of hydrogen-bond donors (Lipinski definition) is 2. The number of ether oxygens (including phenoxy) is 1. The molecule has 0 saturated carbocycles. The molecule has 2 atom stereocenters. The Morgan fingerprint density at radius 1 is 1.55 bits per heavy atom. The number of halogens is 1. The van der Waals surface area contributed by atoms with E-state index in [1.807, 2.05) is 4.90 Å². The van der Waals surface area contributed by atoms with Gasteiger partial charge >= 0.3 is 5.97 Å². The molecule has 0 spiro atoms. The lowest BCUT2D eigenvalue weighted by Crippen LogP contribution is -2.46. The molecule has 20 heavy (non-hydrogen) atoms. The van der Waals surface area contributed by atoms with Crippen LogP contribution >= 0.6 is 0 Å². The average molecular weight is 283 g/mol. The molecule has 0 amide bonds. The van der Waals surface area contributed by atoms with Crippen LogP contribution in [-0.2, 0) is 11.3 Å². The summed E-state index contributed by atoms with van der Waals surface area (Å²) in [4.78, 5) is 12.9. The normalized spacial score (nSPS) is 23.6. The van der Waals surface area contributed by atoms with Gasteiger partial charge in [-0.1, -0.05) is 6.07 Å². The number of methoxy groups -OCH3 is 1. The average Bonchev–Trinajstić information content (AvgIpc) is 2.40. The molecular formula is C14H18FNO4. The van der Waals surface area contributed by atoms with Gasteiger partial charge in [0, 0.05) is 24.7 Å². The molecule has 0 bridgehead atoms. The number of nitrogens with zero attached hydrogens (tertiary/aromatic N) is 1. The van der Waals surface area contributed by atoms with E-state index in [2.05, 4.69) is 0 Å². The van der Waals surface area contributed by atoms with Crippen LogP contribution in [0.3, 0.4) is 0 Å². The first kappa shape index (κ1) is 14.7. The lowest BCUT2D eigenvalue weighted by Gasteiger charge is -2.34. The molecule has 1 aromatic rings. The summed E-state index contributed by atoms with van der Waals surface area (Å²) in [6, 6.07) is 4.32. The number of benzene rings is 1. The van der Waals surface area contributed by atoms with Crippen molar-refractivity contribution in [3.63, 3.8) is 0 Å². The number of carboxylic acid groups (broad SMARTS) is 1. The highest BCUT2D eigenvalue weighted by atomic mass is 19.1. The summed E-state index contributed by atoms with van der Waals surface area (Å²) in [5.74, 6) is -1.58. The molecule has 110 valence electrons. The Hall–Kier alpha value is -1.66. The number of hydrogen-bond acceptors (Lipinski definition) is 4. The first-order valence-corrected chi connectivity index (χ1v) is 6.47. The lowest BCUT2D eigenvalue weighted by atomic mass is 9.94. The van der Waals surface area contributed by atoms with Crippen LogP contribution in [0.1, 0.15) is 12.0 Å². The number of aliphatic carboxylic acids is 1. The molecule has 2 rings (SSSR count). The molecule has 1 saturated heterocycles. The molecule has 0 unspecified atom stereocenters. The number of carboxylic acids is 1. The molecule has 5 nitrogen and oxygen atoms in total. The molecule has 1 aromatic carbocycles. The van der Waals surface area contributed by atoms with Crippen LogP contribution in [0.25, 0.3) is 0 Å². The summed E-state index contributed by atoms with van der Waals surface area (Å²) in [5.41, 5.74) is 0.815. The molecule has 2 N–H and O–H groups in total. The van der Waals surface area contributed by atoms with E-state index in [4.69, 9.17) is 9.84 Å². The van der Waals surface area contributed by atoms with Gasteiger partial charge < -0.3 is 14.9 Å². The molecule has 0 aliphatic carbocycles. The molecule has 0 aromatic heterocycles. The summed E-state index contributed by atoms with van der Waals surface area (Å²) in [6.45, 7) is 1.36. The van der Waals surface area contributed by atoms with Gasteiger partial charge in [-0.2, -0.15) is 0 Å². The fourth-order valence-electron chi connectivity index (χ4n) is 2.52. The second kappa shape index (κ2) is 6.19. The van der Waals surface area contributed by atoms with Crippen molar-refractivity contribution in [3.8, 4) is 5.75 Å². The van der Waals surface area contributed by atoms with Gasteiger partial charge in [-0.05, 0) is 19.0 Å². The van der Waals surface area contributed by atoms with Crippen LogP contribution in [0.15, 0.2) is 18.2 Å². The van der Waals surface area contributed by atoms with E-state index in [-0.39, 0.29) is 12.4 Å². The van der Waals surface area contributed by atoms with Gasteiger partial charge in [-0.15, -0.1) is 0 Å². The Morgan fingerprint density at radius 3 is 2.90 bits per heavy atom. The predicted molar refractivity (Wildman–Crippen MR) is 70.0 cm³/mol. The predicted octanol–water partition coefficient (Wildman–Crippen LogP) is 1.10. The second-order valence-electron chi connectivity index (χ2n) is 4.99. The molecule has 1 heterocycles. The summed E-state index contributed by atoms with van der Waals surface area (Å²) in [5, 5.41) is 18.8. The minimum Gasteiger partial charge on any atom is -0.496 e. The molecule has 0 radical (unpaired) electrons. The lowest BCUT2D eigenvalue weighted by molar-refractivity contribution is -0.148. The maximum Gasteiger partial charge on any atom is 0.309 e. The summed E-state index contributed by atoms with van der Waals surface area (Å²) >= 11 is 0. The quantitative estimate of drug-likeness (QED) is 0.866. The van der Waals surface area contributed by atoms with Gasteiger partial charge in [-0.25, -0.2) is 4.39 Å². The Balaban J connectivity index is 2.03. The Labute approximate surface area is 116 Å². The van der Waals surface area contributed by atoms with Gasteiger partial charge in [0.2, 0.25) is 0 Å². The topological polar surface area (TPSA) is 70.0 Å². The van der Waals surface area contributed by atoms with E-state index >= 15 is 0 Å². The third kappa shape index (κ3) is 3.26. The maximum absolute atomic E-state index is 13.1. The highest BCUT2D eigenvalue weighted by molar-refractivity contribution is 5.70. The Bertz CT molecular complexity index is 494. The first-order chi connectivity index (χ1) is 9.51. The van der Waals surface area contributed by atoms with Crippen LogP contribution in [0.4, 0.5) is 4.39 Å². The van der Waals surface area contributed by atoms with Crippen LogP contribution in [-0.4, -0.2) is 47.4 Å². The van der Waals surface area contributed by atoms with Crippen molar-refractivity contribution in [1.29, 1.82) is 0 Å². The van der Waals surface area contributed by atoms with Crippen molar-refractivity contribution in [2.45, 2.75) is 19.1 Å². The fraction of sp³-hybridized carbons (Fsp3) is 0.500. The summed E-state index contributed by atoms with van der Waals surface area (Å²) in [6.07, 6.45) is -0.479. The van der Waals surface area contributed by atoms with Crippen molar-refractivity contribution in [3.05, 3.63) is 29.6 Å². The third-order valence-corrected chi connectivity index (χ3v) is 3.63. The monoisotopic (exact) mass is 283 g/mol. The standard InChI is InChI=1S/C14H18FNO4/c1-20-13-6-10(15)3-2-9(13)7-16-5-4-11(14(18)19)12(17)8-16/h2-3,6,11-12,17H,4-5,7-8H2,1H3,(H,18,19)/t11-,12+/m0/s1. The minimum absolute atomic E-state index is 0.289. The zero-order valence-electron chi connectivity index (χ0n) is 11.3. The Kier molecular flexibility index (Phi) is 4.57. The third-order valence-electron chi connectivity index (χ3n) is 3.63. The molecule has 6 heteroatoms. The number of likely N-dealkylation sites (tertiary alicyclic amines) is 1. The smallest absolute Gasteiger partial charge is 0.309 e. The Morgan fingerprint density at radius 2 is 2.30 bits per heavy atom. The van der Waals surface area contributed by atoms with Crippen LogP contribution < -0.4 is 4.74 Å². The van der Waals surface area contributed by atoms with Crippen molar-refractivity contribution in [2.24, 2.45) is 5.92 Å². The zero-order valence-corrected chi connectivity index (χ0v) is 11.3. The second-order valence-corrected chi connectivity index (χ2v) is 4.99. The van der Waals surface area contributed by atoms with Gasteiger partial charge in [0.25, 0.3) is 0 Å². The minimum atomic E-state index is -0.962. The largest absolute Gasteiger partial charge is 0.496 e. The maximum atomic E-state index is 13.1. The van der Waals surface area contributed by atoms with Crippen molar-refractivity contribution in [2.75, 3.05) is 20.2 Å². The number of carbonyl (C=O) groups is 1. The zero-order chi connectivity index (χ0) is 14.7. The van der Waals surface area contributed by atoms with Gasteiger partial charge in [0.05, 0.1) is 19.1 Å². The number of aliphatic hydroxyl groups excluding tert-OH is 1. The van der Waals surface area contributed by atoms with Crippen LogP contribution in [0.5, 0.6) is 5.75 Å². The van der Waals surface area contributed by atoms with E-state index < -0.39 is 18.0 Å². The molecule has 1 fully saturated rings. The highest BCUT2D eigenvalue weighted by Crippen LogP contribution is 2.24. The van der Waals surface area contributed by atoms with E-state index in [1.54, 1.807) is 6.07 Å². The number of β-amino-alcohol motifs (C(OH)–C–C–N with tert-alkyl or cyclic N) is 1. The van der Waals surface area contributed by atoms with E-state index in [1.165, 1.54) is 19.2 Å². The van der Waals surface area contributed by atoms with Crippen molar-refractivity contribution in [1.82, 2.24) is 4.90 Å². The molecule has 1 aliphatic rings. The SMILES string of the molecule is COc1cc(F)ccc1CN1CC[C@H](C(=O)O)[C@H](O)C1. The highest BCUT2D eigenvalue weighted by Gasteiger charge is 2.32. The van der Waals surface area contributed by atoms with Crippen LogP contribution in [0, 0.1) is 11.7 Å².